The number of halogens is 9. The van der Waals surface area contributed by atoms with Gasteiger partial charge in [-0.25, -0.2) is 4.68 Å². The van der Waals surface area contributed by atoms with Crippen LogP contribution in [0, 0.1) is 11.8 Å². The topological polar surface area (TPSA) is 50.9 Å². The van der Waals surface area contributed by atoms with E-state index in [9.17, 15) is 44.6 Å². The highest BCUT2D eigenvalue weighted by Gasteiger charge is 2.37. The van der Waals surface area contributed by atoms with Crippen LogP contribution >= 0.6 is 0 Å². The minimum Gasteiger partial charge on any atom is -0.374 e. The second kappa shape index (κ2) is 10.7. The summed E-state index contributed by atoms with van der Waals surface area (Å²) in [4.78, 5) is 0. The lowest BCUT2D eigenvalue weighted by Crippen LogP contribution is -2.13. The number of benzene rings is 3. The van der Waals surface area contributed by atoms with Crippen molar-refractivity contribution < 1.29 is 44.6 Å². The molecule has 1 heterocycles. The van der Waals surface area contributed by atoms with Crippen molar-refractivity contribution in [2.75, 3.05) is 0 Å². The minimum atomic E-state index is -5.05. The molecule has 0 saturated carbocycles. The van der Waals surface area contributed by atoms with Gasteiger partial charge in [-0.05, 0) is 42.0 Å². The van der Waals surface area contributed by atoms with Crippen LogP contribution in [0.3, 0.4) is 0 Å². The molecule has 1 N–H and O–H groups in total. The lowest BCUT2D eigenvalue weighted by molar-refractivity contribution is -0.143. The van der Waals surface area contributed by atoms with Gasteiger partial charge in [0.05, 0.1) is 28.9 Å². The number of hydrogen-bond acceptors (Lipinski definition) is 3. The van der Waals surface area contributed by atoms with Gasteiger partial charge in [-0.2, -0.15) is 39.5 Å². The van der Waals surface area contributed by atoms with E-state index in [2.05, 4.69) is 22.2 Å². The molecule has 3 aromatic carbocycles. The SMILES string of the molecule is OC(C#Cc1cccc(C(F)(F)F)c1)c1nnn(Cc2cc(C(F)(F)F)cc(C(F)(F)F)c2)c1-c1ccccc1. The van der Waals surface area contributed by atoms with Gasteiger partial charge >= 0.3 is 18.5 Å². The van der Waals surface area contributed by atoms with Gasteiger partial charge in [-0.15, -0.1) is 5.10 Å². The molecule has 13 heteroatoms. The van der Waals surface area contributed by atoms with Crippen molar-refractivity contribution in [3.8, 4) is 23.1 Å². The van der Waals surface area contributed by atoms with Gasteiger partial charge in [0.2, 0.25) is 0 Å². The molecular formula is C27H16F9N3O. The fourth-order valence-corrected chi connectivity index (χ4v) is 3.79. The third kappa shape index (κ3) is 6.63. The van der Waals surface area contributed by atoms with Gasteiger partial charge in [0.1, 0.15) is 5.69 Å². The number of aromatic nitrogens is 3. The fraction of sp³-hybridized carbons (Fsp3) is 0.185. The minimum absolute atomic E-state index is 0.00149. The molecule has 40 heavy (non-hydrogen) atoms. The molecule has 0 bridgehead atoms. The Morgan fingerprint density at radius 3 is 1.90 bits per heavy atom. The molecule has 0 radical (unpaired) electrons. The smallest absolute Gasteiger partial charge is 0.374 e. The second-order valence-electron chi connectivity index (χ2n) is 8.51. The third-order valence-corrected chi connectivity index (χ3v) is 5.59. The summed E-state index contributed by atoms with van der Waals surface area (Å²) in [6.45, 7) is -0.585. The lowest BCUT2D eigenvalue weighted by atomic mass is 10.0. The summed E-state index contributed by atoms with van der Waals surface area (Å²) >= 11 is 0. The third-order valence-electron chi connectivity index (χ3n) is 5.59. The number of aliphatic hydroxyl groups excluding tert-OH is 1. The van der Waals surface area contributed by atoms with Crippen LogP contribution in [0.15, 0.2) is 72.8 Å². The van der Waals surface area contributed by atoms with Gasteiger partial charge in [0.25, 0.3) is 0 Å². The summed E-state index contributed by atoms with van der Waals surface area (Å²) in [7, 11) is 0. The predicted octanol–water partition coefficient (Wildman–Crippen LogP) is 7.13. The van der Waals surface area contributed by atoms with Crippen molar-refractivity contribution in [2.24, 2.45) is 0 Å². The largest absolute Gasteiger partial charge is 0.416 e. The Morgan fingerprint density at radius 1 is 0.725 bits per heavy atom. The molecule has 0 aliphatic carbocycles. The van der Waals surface area contributed by atoms with E-state index < -0.39 is 47.9 Å². The van der Waals surface area contributed by atoms with Gasteiger partial charge in [-0.1, -0.05) is 53.5 Å². The van der Waals surface area contributed by atoms with Crippen molar-refractivity contribution in [1.82, 2.24) is 15.0 Å². The first-order valence-electron chi connectivity index (χ1n) is 11.3. The summed E-state index contributed by atoms with van der Waals surface area (Å²) in [6.07, 6.45) is -16.4. The standard InChI is InChI=1S/C27H16F9N3O/c28-25(29,30)19-8-4-5-16(11-19)9-10-22(40)23-24(18-6-2-1-3-7-18)39(38-37-23)15-17-12-20(26(31,32)33)14-21(13-17)27(34,35)36/h1-8,11-14,22,40H,15H2. The first-order chi connectivity index (χ1) is 18.6. The Kier molecular flexibility index (Phi) is 7.67. The summed E-state index contributed by atoms with van der Waals surface area (Å²) in [5.74, 6) is 4.78. The molecule has 0 saturated heterocycles. The van der Waals surface area contributed by atoms with Crippen molar-refractivity contribution in [3.05, 3.63) is 106 Å². The summed E-state index contributed by atoms with van der Waals surface area (Å²) < 4.78 is 120. The maximum atomic E-state index is 13.3. The average molecular weight is 569 g/mol. The summed E-state index contributed by atoms with van der Waals surface area (Å²) in [5.41, 5.74) is -4.23. The first-order valence-corrected chi connectivity index (χ1v) is 11.3. The van der Waals surface area contributed by atoms with Crippen LogP contribution in [0.1, 0.15) is 39.6 Å². The average Bonchev–Trinajstić information content (AvgIpc) is 3.29. The number of aliphatic hydroxyl groups is 1. The molecule has 0 fully saturated rings. The highest BCUT2D eigenvalue weighted by Crippen LogP contribution is 2.37. The van der Waals surface area contributed by atoms with E-state index in [-0.39, 0.29) is 28.6 Å². The highest BCUT2D eigenvalue weighted by atomic mass is 19.4. The number of rotatable bonds is 4. The van der Waals surface area contributed by atoms with Crippen molar-refractivity contribution in [1.29, 1.82) is 0 Å². The van der Waals surface area contributed by atoms with Crippen LogP contribution < -0.4 is 0 Å². The van der Waals surface area contributed by atoms with Crippen molar-refractivity contribution >= 4 is 0 Å². The number of nitrogens with zero attached hydrogens (tertiary/aromatic N) is 3. The zero-order chi connectivity index (χ0) is 29.3. The van der Waals surface area contributed by atoms with Crippen LogP contribution in [0.5, 0.6) is 0 Å². The van der Waals surface area contributed by atoms with E-state index in [1.54, 1.807) is 30.3 Å². The van der Waals surface area contributed by atoms with Crippen LogP contribution in [0.4, 0.5) is 39.5 Å². The molecule has 4 aromatic rings. The van der Waals surface area contributed by atoms with Gasteiger partial charge in [-0.3, -0.25) is 0 Å². The lowest BCUT2D eigenvalue weighted by Gasteiger charge is -2.15. The Morgan fingerprint density at radius 2 is 1.32 bits per heavy atom. The first kappa shape index (κ1) is 28.7. The summed E-state index contributed by atoms with van der Waals surface area (Å²) in [5, 5.41) is 18.4. The molecule has 0 spiro atoms. The molecule has 208 valence electrons. The molecule has 4 rings (SSSR count). The molecule has 4 nitrogen and oxygen atoms in total. The van der Waals surface area contributed by atoms with Crippen LogP contribution in [-0.2, 0) is 25.1 Å². The molecule has 0 amide bonds. The molecule has 1 atom stereocenters. The normalized spacial score (nSPS) is 13.1. The summed E-state index contributed by atoms with van der Waals surface area (Å²) in [6, 6.07) is 13.0. The monoisotopic (exact) mass is 569 g/mol. The molecule has 1 aromatic heterocycles. The van der Waals surface area contributed by atoms with Gasteiger partial charge in [0, 0.05) is 11.1 Å². The van der Waals surface area contributed by atoms with E-state index in [1.807, 2.05) is 0 Å². The van der Waals surface area contributed by atoms with E-state index in [0.717, 1.165) is 22.9 Å². The molecule has 1 unspecified atom stereocenters. The second-order valence-corrected chi connectivity index (χ2v) is 8.51. The molecule has 0 aliphatic heterocycles. The zero-order valence-corrected chi connectivity index (χ0v) is 19.9. The maximum absolute atomic E-state index is 13.3. The maximum Gasteiger partial charge on any atom is 0.416 e. The highest BCUT2D eigenvalue weighted by molar-refractivity contribution is 5.63. The van der Waals surface area contributed by atoms with E-state index in [1.165, 1.54) is 6.07 Å². The Balaban J connectivity index is 1.76. The van der Waals surface area contributed by atoms with Crippen LogP contribution in [0.2, 0.25) is 0 Å². The fourth-order valence-electron chi connectivity index (χ4n) is 3.79. The van der Waals surface area contributed by atoms with E-state index in [4.69, 9.17) is 0 Å². The van der Waals surface area contributed by atoms with Gasteiger partial charge in [0.15, 0.2) is 6.10 Å². The molecular weight excluding hydrogens is 553 g/mol. The van der Waals surface area contributed by atoms with Crippen molar-refractivity contribution in [2.45, 2.75) is 31.2 Å². The van der Waals surface area contributed by atoms with E-state index >= 15 is 0 Å². The van der Waals surface area contributed by atoms with Crippen LogP contribution in [0.25, 0.3) is 11.3 Å². The van der Waals surface area contributed by atoms with Gasteiger partial charge < -0.3 is 5.11 Å². The van der Waals surface area contributed by atoms with Crippen molar-refractivity contribution in [3.63, 3.8) is 0 Å². The Bertz CT molecular complexity index is 1530. The Labute approximate surface area is 220 Å². The van der Waals surface area contributed by atoms with Crippen LogP contribution in [-0.4, -0.2) is 20.1 Å². The predicted molar refractivity (Wildman–Crippen MR) is 124 cm³/mol. The quantitative estimate of drug-likeness (QED) is 0.210. The zero-order valence-electron chi connectivity index (χ0n) is 19.9. The Hall–Kier alpha value is -4.31. The number of alkyl halides is 9. The number of hydrogen-bond donors (Lipinski definition) is 1. The molecule has 0 aliphatic rings. The van der Waals surface area contributed by atoms with E-state index in [0.29, 0.717) is 17.7 Å².